The van der Waals surface area contributed by atoms with Gasteiger partial charge in [0.05, 0.1) is 19.4 Å². The Morgan fingerprint density at radius 3 is 2.00 bits per heavy atom. The highest BCUT2D eigenvalue weighted by Crippen LogP contribution is 2.48. The molecule has 0 N–H and O–H groups in total. The minimum Gasteiger partial charge on any atom is -0.309 e. The van der Waals surface area contributed by atoms with Crippen LogP contribution in [-0.4, -0.2) is 19.4 Å². The number of hydrogen-bond acceptors (Lipinski definition) is 3. The third kappa shape index (κ3) is 6.03. The lowest BCUT2D eigenvalue weighted by molar-refractivity contribution is 0.222. The fourth-order valence-electron chi connectivity index (χ4n) is 0.830. The first-order chi connectivity index (χ1) is 6.04. The van der Waals surface area contributed by atoms with Crippen LogP contribution in [0.5, 0.6) is 0 Å². The molecule has 0 aliphatic heterocycles. The lowest BCUT2D eigenvalue weighted by Gasteiger charge is -2.15. The minimum atomic E-state index is -2.85. The second-order valence-corrected chi connectivity index (χ2v) is 5.01. The van der Waals surface area contributed by atoms with Gasteiger partial charge in [0.15, 0.2) is 0 Å². The molecule has 4 heteroatoms. The molecule has 0 amide bonds. The molecule has 0 bridgehead atoms. The molecule has 3 nitrogen and oxygen atoms in total. The van der Waals surface area contributed by atoms with Crippen LogP contribution >= 0.6 is 7.60 Å². The van der Waals surface area contributed by atoms with Gasteiger partial charge in [0.2, 0.25) is 0 Å². The molecular weight excluding hydrogens is 187 g/mol. The second-order valence-electron chi connectivity index (χ2n) is 2.91. The summed E-state index contributed by atoms with van der Waals surface area (Å²) in [6, 6.07) is 0. The number of rotatable bonds is 6. The summed E-state index contributed by atoms with van der Waals surface area (Å²) in [5, 5.41) is 0. The zero-order valence-electron chi connectivity index (χ0n) is 8.87. The Kier molecular flexibility index (Phi) is 6.31. The Morgan fingerprint density at radius 1 is 1.23 bits per heavy atom. The van der Waals surface area contributed by atoms with E-state index in [4.69, 9.17) is 9.05 Å². The maximum Gasteiger partial charge on any atom is 0.334 e. The number of hydrogen-bond donors (Lipinski definition) is 0. The summed E-state index contributed by atoms with van der Waals surface area (Å²) in [6.07, 6.45) is 2.25. The Balaban J connectivity index is 4.24. The number of allylic oxidation sites excluding steroid dienone is 2. The first-order valence-electron chi connectivity index (χ1n) is 4.55. The zero-order valence-corrected chi connectivity index (χ0v) is 9.77. The van der Waals surface area contributed by atoms with Crippen LogP contribution in [0.15, 0.2) is 11.6 Å². The summed E-state index contributed by atoms with van der Waals surface area (Å²) in [7, 11) is -2.85. The van der Waals surface area contributed by atoms with Gasteiger partial charge in [0.25, 0.3) is 0 Å². The van der Waals surface area contributed by atoms with Gasteiger partial charge in [-0.3, -0.25) is 4.57 Å². The van der Waals surface area contributed by atoms with Crippen LogP contribution in [-0.2, 0) is 13.6 Å². The van der Waals surface area contributed by atoms with E-state index >= 15 is 0 Å². The summed E-state index contributed by atoms with van der Waals surface area (Å²) in [6.45, 7) is 8.40. The highest BCUT2D eigenvalue weighted by Gasteiger charge is 2.21. The van der Waals surface area contributed by atoms with Crippen LogP contribution < -0.4 is 0 Å². The van der Waals surface area contributed by atoms with Crippen molar-refractivity contribution in [3.05, 3.63) is 11.6 Å². The predicted octanol–water partition coefficient (Wildman–Crippen LogP) is 3.22. The molecule has 0 aromatic heterocycles. The van der Waals surface area contributed by atoms with Gasteiger partial charge in [0, 0.05) is 0 Å². The molecule has 0 aliphatic carbocycles. The zero-order chi connectivity index (χ0) is 10.3. The molecule has 0 unspecified atom stereocenters. The van der Waals surface area contributed by atoms with Gasteiger partial charge in [-0.05, 0) is 27.7 Å². The second kappa shape index (κ2) is 6.36. The van der Waals surface area contributed by atoms with Crippen LogP contribution in [0.3, 0.4) is 0 Å². The van der Waals surface area contributed by atoms with Crippen molar-refractivity contribution in [2.24, 2.45) is 0 Å². The van der Waals surface area contributed by atoms with Gasteiger partial charge in [-0.1, -0.05) is 11.6 Å². The van der Waals surface area contributed by atoms with Gasteiger partial charge in [0.1, 0.15) is 0 Å². The molecule has 0 fully saturated rings. The molecule has 0 saturated heterocycles. The SMILES string of the molecule is CCOP(=O)(CC=C(C)C)OCC. The van der Waals surface area contributed by atoms with Crippen molar-refractivity contribution in [3.63, 3.8) is 0 Å². The van der Waals surface area contributed by atoms with E-state index in [1.807, 2.05) is 33.8 Å². The third-order valence-corrected chi connectivity index (χ3v) is 3.31. The highest BCUT2D eigenvalue weighted by molar-refractivity contribution is 7.54. The van der Waals surface area contributed by atoms with Crippen molar-refractivity contribution in [1.29, 1.82) is 0 Å². The first kappa shape index (κ1) is 12.9. The molecule has 13 heavy (non-hydrogen) atoms. The molecule has 0 atom stereocenters. The molecule has 0 aromatic carbocycles. The summed E-state index contributed by atoms with van der Waals surface area (Å²) in [4.78, 5) is 0. The molecule has 0 radical (unpaired) electrons. The standard InChI is InChI=1S/C9H19O3P/c1-5-11-13(10,12-6-2)8-7-9(3)4/h7H,5-6,8H2,1-4H3. The summed E-state index contributed by atoms with van der Waals surface area (Å²) >= 11 is 0. The van der Waals surface area contributed by atoms with E-state index in [2.05, 4.69) is 0 Å². The molecule has 0 saturated carbocycles. The van der Waals surface area contributed by atoms with E-state index in [1.54, 1.807) is 0 Å². The van der Waals surface area contributed by atoms with Gasteiger partial charge in [-0.15, -0.1) is 0 Å². The Labute approximate surface area is 80.7 Å². The topological polar surface area (TPSA) is 35.5 Å². The van der Waals surface area contributed by atoms with Crippen molar-refractivity contribution >= 4 is 7.60 Å². The minimum absolute atomic E-state index is 0.372. The third-order valence-electron chi connectivity index (χ3n) is 1.37. The molecule has 0 spiro atoms. The lowest BCUT2D eigenvalue weighted by atomic mass is 10.3. The van der Waals surface area contributed by atoms with E-state index in [0.717, 1.165) is 5.57 Å². The monoisotopic (exact) mass is 206 g/mol. The van der Waals surface area contributed by atoms with Crippen molar-refractivity contribution in [2.45, 2.75) is 27.7 Å². The maximum atomic E-state index is 11.8. The van der Waals surface area contributed by atoms with Gasteiger partial charge < -0.3 is 9.05 Å². The van der Waals surface area contributed by atoms with Gasteiger partial charge in [-0.25, -0.2) is 0 Å². The Hall–Kier alpha value is -0.110. The summed E-state index contributed by atoms with van der Waals surface area (Å²) in [5.41, 5.74) is 1.12. The average Bonchev–Trinajstić information content (AvgIpc) is 2.02. The summed E-state index contributed by atoms with van der Waals surface area (Å²) < 4.78 is 22.0. The van der Waals surface area contributed by atoms with Crippen molar-refractivity contribution in [2.75, 3.05) is 19.4 Å². The lowest BCUT2D eigenvalue weighted by Crippen LogP contribution is -1.98. The maximum absolute atomic E-state index is 11.8. The van der Waals surface area contributed by atoms with Gasteiger partial charge in [-0.2, -0.15) is 0 Å². The Morgan fingerprint density at radius 2 is 1.69 bits per heavy atom. The van der Waals surface area contributed by atoms with Crippen LogP contribution in [0, 0.1) is 0 Å². The highest BCUT2D eigenvalue weighted by atomic mass is 31.2. The van der Waals surface area contributed by atoms with E-state index in [-0.39, 0.29) is 0 Å². The molecule has 78 valence electrons. The fourth-order valence-corrected chi connectivity index (χ4v) is 2.49. The smallest absolute Gasteiger partial charge is 0.309 e. The van der Waals surface area contributed by atoms with E-state index in [9.17, 15) is 4.57 Å². The normalized spacial score (nSPS) is 11.4. The van der Waals surface area contributed by atoms with Crippen LogP contribution in [0.4, 0.5) is 0 Å². The molecule has 0 aromatic rings. The average molecular weight is 206 g/mol. The largest absolute Gasteiger partial charge is 0.334 e. The van der Waals surface area contributed by atoms with Crippen molar-refractivity contribution in [1.82, 2.24) is 0 Å². The van der Waals surface area contributed by atoms with Gasteiger partial charge >= 0.3 is 7.60 Å². The molecule has 0 rings (SSSR count). The van der Waals surface area contributed by atoms with E-state index < -0.39 is 7.60 Å². The van der Waals surface area contributed by atoms with E-state index in [0.29, 0.717) is 19.4 Å². The predicted molar refractivity (Wildman–Crippen MR) is 55.2 cm³/mol. The van der Waals surface area contributed by atoms with Crippen molar-refractivity contribution in [3.8, 4) is 0 Å². The summed E-state index contributed by atoms with van der Waals surface area (Å²) in [5.74, 6) is 0. The van der Waals surface area contributed by atoms with Crippen LogP contribution in [0.1, 0.15) is 27.7 Å². The first-order valence-corrected chi connectivity index (χ1v) is 6.28. The quantitative estimate of drug-likeness (QED) is 0.494. The van der Waals surface area contributed by atoms with Crippen LogP contribution in [0.25, 0.3) is 0 Å². The fraction of sp³-hybridized carbons (Fsp3) is 0.778. The molecular formula is C9H19O3P. The molecule has 0 aliphatic rings. The van der Waals surface area contributed by atoms with Crippen LogP contribution in [0.2, 0.25) is 0 Å². The van der Waals surface area contributed by atoms with E-state index in [1.165, 1.54) is 0 Å². The Bertz CT molecular complexity index is 197. The molecule has 0 heterocycles. The van der Waals surface area contributed by atoms with Crippen molar-refractivity contribution < 1.29 is 13.6 Å².